The van der Waals surface area contributed by atoms with Crippen molar-refractivity contribution in [3.63, 3.8) is 0 Å². The summed E-state index contributed by atoms with van der Waals surface area (Å²) in [5.41, 5.74) is 0.260. The Morgan fingerprint density at radius 2 is 2.56 bits per heavy atom. The number of nitrogens with zero attached hydrogens (tertiary/aromatic N) is 3. The van der Waals surface area contributed by atoms with Gasteiger partial charge in [-0.25, -0.2) is 4.79 Å². The molecule has 1 unspecified atom stereocenters. The van der Waals surface area contributed by atoms with E-state index in [-0.39, 0.29) is 18.1 Å². The molecule has 1 aromatic heterocycles. The zero-order valence-electron chi connectivity index (χ0n) is 9.05. The molecule has 1 aliphatic heterocycles. The van der Waals surface area contributed by atoms with Crippen molar-refractivity contribution in [1.29, 1.82) is 0 Å². The van der Waals surface area contributed by atoms with E-state index >= 15 is 0 Å². The number of aromatic nitrogens is 3. The molecule has 2 rings (SSSR count). The molecule has 7 heteroatoms. The molecule has 90 valence electrons. The van der Waals surface area contributed by atoms with Crippen LogP contribution in [0.1, 0.15) is 23.3 Å². The summed E-state index contributed by atoms with van der Waals surface area (Å²) in [7, 11) is 1.33. The largest absolute Gasteiger partial charge is 0.464 e. The van der Waals surface area contributed by atoms with Gasteiger partial charge >= 0.3 is 5.97 Å². The number of halogens is 1. The molecule has 0 amide bonds. The molecule has 1 saturated heterocycles. The Kier molecular flexibility index (Phi) is 4.70. The molecule has 16 heavy (non-hydrogen) atoms. The first-order chi connectivity index (χ1) is 7.29. The Balaban J connectivity index is 0.00000128. The minimum atomic E-state index is -0.444. The smallest absolute Gasteiger partial charge is 0.360 e. The second-order valence-corrected chi connectivity index (χ2v) is 3.61. The average Bonchev–Trinajstić information content (AvgIpc) is 2.88. The molecule has 0 saturated carbocycles. The summed E-state index contributed by atoms with van der Waals surface area (Å²) >= 11 is 0. The van der Waals surface area contributed by atoms with E-state index < -0.39 is 5.97 Å². The topological polar surface area (TPSA) is 69.0 Å². The Bertz CT molecular complexity index is 349. The number of ether oxygens (including phenoxy) is 1. The first-order valence-corrected chi connectivity index (χ1v) is 5.01. The van der Waals surface area contributed by atoms with Crippen molar-refractivity contribution in [2.45, 2.75) is 25.4 Å². The standard InChI is InChI=1S/C9H14N4O2.ClH/c1-15-9(14)8-6-13(12-11-8)5-7-3-2-4-10-7;/h6-7,10H,2-5H2,1H3;1H. The van der Waals surface area contributed by atoms with Gasteiger partial charge in [0, 0.05) is 6.04 Å². The van der Waals surface area contributed by atoms with Crippen molar-refractivity contribution >= 4 is 18.4 Å². The predicted octanol–water partition coefficient (Wildman–Crippen LogP) is 0.238. The van der Waals surface area contributed by atoms with E-state index in [9.17, 15) is 4.79 Å². The van der Waals surface area contributed by atoms with Crippen LogP contribution in [0, 0.1) is 0 Å². The molecule has 1 aromatic rings. The highest BCUT2D eigenvalue weighted by Gasteiger charge is 2.16. The lowest BCUT2D eigenvalue weighted by Crippen LogP contribution is -2.26. The molecule has 0 spiro atoms. The van der Waals surface area contributed by atoms with Crippen LogP contribution in [0.3, 0.4) is 0 Å². The van der Waals surface area contributed by atoms with Crippen molar-refractivity contribution in [2.75, 3.05) is 13.7 Å². The number of carbonyl (C=O) groups excluding carboxylic acids is 1. The van der Waals surface area contributed by atoms with Crippen molar-refractivity contribution in [3.8, 4) is 0 Å². The Morgan fingerprint density at radius 1 is 1.75 bits per heavy atom. The normalized spacial score (nSPS) is 19.2. The number of nitrogens with one attached hydrogen (secondary N) is 1. The monoisotopic (exact) mass is 246 g/mol. The molecule has 0 aliphatic carbocycles. The molecular formula is C9H15ClN4O2. The zero-order valence-corrected chi connectivity index (χ0v) is 9.87. The van der Waals surface area contributed by atoms with Crippen molar-refractivity contribution < 1.29 is 9.53 Å². The van der Waals surface area contributed by atoms with Crippen LogP contribution >= 0.6 is 12.4 Å². The third-order valence-electron chi connectivity index (χ3n) is 2.50. The van der Waals surface area contributed by atoms with Gasteiger partial charge in [-0.05, 0) is 19.4 Å². The van der Waals surface area contributed by atoms with Gasteiger partial charge in [0.1, 0.15) is 0 Å². The molecule has 1 N–H and O–H groups in total. The van der Waals surface area contributed by atoms with Crippen LogP contribution in [0.15, 0.2) is 6.20 Å². The molecule has 1 atom stereocenters. The van der Waals surface area contributed by atoms with Crippen LogP contribution < -0.4 is 5.32 Å². The van der Waals surface area contributed by atoms with E-state index in [1.54, 1.807) is 10.9 Å². The van der Waals surface area contributed by atoms with Crippen LogP contribution in [0.25, 0.3) is 0 Å². The summed E-state index contributed by atoms with van der Waals surface area (Å²) in [6, 6.07) is 0.442. The van der Waals surface area contributed by atoms with Crippen molar-refractivity contribution in [2.24, 2.45) is 0 Å². The van der Waals surface area contributed by atoms with Crippen LogP contribution in [-0.2, 0) is 11.3 Å². The first kappa shape index (κ1) is 12.9. The van der Waals surface area contributed by atoms with Gasteiger partial charge in [-0.15, -0.1) is 17.5 Å². The van der Waals surface area contributed by atoms with E-state index in [0.29, 0.717) is 6.04 Å². The van der Waals surface area contributed by atoms with Crippen LogP contribution in [-0.4, -0.2) is 40.7 Å². The van der Waals surface area contributed by atoms with Crippen molar-refractivity contribution in [1.82, 2.24) is 20.3 Å². The third-order valence-corrected chi connectivity index (χ3v) is 2.50. The summed E-state index contributed by atoms with van der Waals surface area (Å²) < 4.78 is 6.23. The fourth-order valence-corrected chi connectivity index (χ4v) is 1.72. The SMILES string of the molecule is COC(=O)c1cn(CC2CCCN2)nn1.Cl. The summed E-state index contributed by atoms with van der Waals surface area (Å²) in [6.45, 7) is 1.81. The maximum atomic E-state index is 11.1. The number of hydrogen-bond donors (Lipinski definition) is 1. The van der Waals surface area contributed by atoms with Crippen LogP contribution in [0.5, 0.6) is 0 Å². The van der Waals surface area contributed by atoms with E-state index in [0.717, 1.165) is 19.5 Å². The number of methoxy groups -OCH3 is 1. The lowest BCUT2D eigenvalue weighted by molar-refractivity contribution is 0.0594. The summed E-state index contributed by atoms with van der Waals surface area (Å²) in [4.78, 5) is 11.1. The quantitative estimate of drug-likeness (QED) is 0.774. The molecule has 6 nitrogen and oxygen atoms in total. The second kappa shape index (κ2) is 5.81. The zero-order chi connectivity index (χ0) is 10.7. The molecule has 1 fully saturated rings. The fourth-order valence-electron chi connectivity index (χ4n) is 1.72. The first-order valence-electron chi connectivity index (χ1n) is 5.01. The van der Waals surface area contributed by atoms with Crippen LogP contribution in [0.2, 0.25) is 0 Å². The van der Waals surface area contributed by atoms with Gasteiger partial charge in [0.2, 0.25) is 0 Å². The highest BCUT2D eigenvalue weighted by Crippen LogP contribution is 2.07. The molecule has 1 aliphatic rings. The Hall–Kier alpha value is -1.14. The lowest BCUT2D eigenvalue weighted by atomic mass is 10.2. The maximum Gasteiger partial charge on any atom is 0.360 e. The molecule has 0 aromatic carbocycles. The van der Waals surface area contributed by atoms with Gasteiger partial charge in [0.25, 0.3) is 0 Å². The summed E-state index contributed by atoms with van der Waals surface area (Å²) in [5, 5.41) is 11.0. The minimum Gasteiger partial charge on any atom is -0.464 e. The third kappa shape index (κ3) is 2.93. The predicted molar refractivity (Wildman–Crippen MR) is 59.6 cm³/mol. The lowest BCUT2D eigenvalue weighted by Gasteiger charge is -2.08. The molecule has 2 heterocycles. The minimum absolute atomic E-state index is 0. The van der Waals surface area contributed by atoms with Crippen LogP contribution in [0.4, 0.5) is 0 Å². The van der Waals surface area contributed by atoms with E-state index in [4.69, 9.17) is 0 Å². The van der Waals surface area contributed by atoms with Gasteiger partial charge in [-0.1, -0.05) is 5.21 Å². The van der Waals surface area contributed by atoms with Gasteiger partial charge in [-0.3, -0.25) is 4.68 Å². The summed E-state index contributed by atoms with van der Waals surface area (Å²) in [5.74, 6) is -0.444. The van der Waals surface area contributed by atoms with Crippen molar-refractivity contribution in [3.05, 3.63) is 11.9 Å². The number of rotatable bonds is 3. The van der Waals surface area contributed by atoms with Gasteiger partial charge in [0.05, 0.1) is 19.9 Å². The van der Waals surface area contributed by atoms with E-state index in [1.165, 1.54) is 13.5 Å². The maximum absolute atomic E-state index is 11.1. The average molecular weight is 247 g/mol. The summed E-state index contributed by atoms with van der Waals surface area (Å²) in [6.07, 6.45) is 3.96. The molecular weight excluding hydrogens is 232 g/mol. The Labute approximate surface area is 99.8 Å². The highest BCUT2D eigenvalue weighted by molar-refractivity contribution is 5.86. The number of carbonyl (C=O) groups is 1. The van der Waals surface area contributed by atoms with E-state index in [1.807, 2.05) is 0 Å². The van der Waals surface area contributed by atoms with Gasteiger partial charge in [0.15, 0.2) is 5.69 Å². The van der Waals surface area contributed by atoms with Gasteiger partial charge in [-0.2, -0.15) is 0 Å². The van der Waals surface area contributed by atoms with Gasteiger partial charge < -0.3 is 10.1 Å². The van der Waals surface area contributed by atoms with E-state index in [2.05, 4.69) is 20.4 Å². The number of hydrogen-bond acceptors (Lipinski definition) is 5. The Morgan fingerprint density at radius 3 is 3.19 bits per heavy atom. The number of esters is 1. The highest BCUT2D eigenvalue weighted by atomic mass is 35.5. The second-order valence-electron chi connectivity index (χ2n) is 3.61. The molecule has 0 bridgehead atoms. The molecule has 0 radical (unpaired) electrons. The fraction of sp³-hybridized carbons (Fsp3) is 0.667.